The van der Waals surface area contributed by atoms with E-state index in [4.69, 9.17) is 0 Å². The Balaban J connectivity index is 1.69. The summed E-state index contributed by atoms with van der Waals surface area (Å²) in [6.45, 7) is 8.49. The molecule has 0 spiro atoms. The molecule has 0 aromatic heterocycles. The Morgan fingerprint density at radius 3 is 2.57 bits per heavy atom. The number of piperidine rings is 1. The van der Waals surface area contributed by atoms with Gasteiger partial charge < -0.3 is 4.90 Å². The molecule has 0 aromatic rings. The molecule has 2 aliphatic rings. The molecule has 1 N–H and O–H groups in total. The van der Waals surface area contributed by atoms with Gasteiger partial charge in [0.05, 0.1) is 0 Å². The second-order valence-corrected chi connectivity index (χ2v) is 4.56. The van der Waals surface area contributed by atoms with Gasteiger partial charge in [-0.15, -0.1) is 0 Å². The van der Waals surface area contributed by atoms with E-state index in [1.165, 1.54) is 58.4 Å². The lowest BCUT2D eigenvalue weighted by atomic mass is 10.2. The number of rotatable bonds is 3. The Kier molecular flexibility index (Phi) is 3.79. The van der Waals surface area contributed by atoms with Crippen LogP contribution < -0.4 is 5.43 Å². The van der Waals surface area contributed by atoms with E-state index in [2.05, 4.69) is 22.3 Å². The molecule has 14 heavy (non-hydrogen) atoms. The Morgan fingerprint density at radius 2 is 1.93 bits per heavy atom. The highest BCUT2D eigenvalue weighted by atomic mass is 15.5. The third-order valence-electron chi connectivity index (χ3n) is 3.44. The van der Waals surface area contributed by atoms with E-state index in [0.29, 0.717) is 6.04 Å². The fourth-order valence-corrected chi connectivity index (χ4v) is 2.51. The molecule has 1 atom stereocenters. The molecule has 0 amide bonds. The lowest BCUT2D eigenvalue weighted by Crippen LogP contribution is -2.48. The Hall–Kier alpha value is -0.120. The summed E-state index contributed by atoms with van der Waals surface area (Å²) in [5.74, 6) is 0. The van der Waals surface area contributed by atoms with E-state index >= 15 is 0 Å². The van der Waals surface area contributed by atoms with Crippen LogP contribution >= 0.6 is 0 Å². The molecule has 1 unspecified atom stereocenters. The second kappa shape index (κ2) is 5.10. The van der Waals surface area contributed by atoms with Crippen LogP contribution in [0.5, 0.6) is 0 Å². The molecule has 2 aliphatic heterocycles. The maximum absolute atomic E-state index is 3.67. The predicted octanol–water partition coefficient (Wildman–Crippen LogP) is 1.07. The molecule has 3 nitrogen and oxygen atoms in total. The van der Waals surface area contributed by atoms with Crippen LogP contribution in [-0.2, 0) is 0 Å². The Labute approximate surface area is 87.4 Å². The van der Waals surface area contributed by atoms with Crippen LogP contribution in [0.2, 0.25) is 0 Å². The molecule has 3 heteroatoms. The van der Waals surface area contributed by atoms with E-state index in [-0.39, 0.29) is 0 Å². The van der Waals surface area contributed by atoms with Gasteiger partial charge in [-0.3, -0.25) is 5.43 Å². The molecular weight excluding hydrogens is 174 g/mol. The van der Waals surface area contributed by atoms with Gasteiger partial charge in [0.25, 0.3) is 0 Å². The molecule has 0 bridgehead atoms. The summed E-state index contributed by atoms with van der Waals surface area (Å²) in [7, 11) is 0. The molecule has 2 rings (SSSR count). The average Bonchev–Trinajstić information content (AvgIpc) is 2.67. The maximum atomic E-state index is 3.67. The molecule has 0 radical (unpaired) electrons. The lowest BCUT2D eigenvalue weighted by Gasteiger charge is -2.30. The molecule has 2 fully saturated rings. The van der Waals surface area contributed by atoms with Gasteiger partial charge >= 0.3 is 0 Å². The first-order valence-corrected chi connectivity index (χ1v) is 6.12. The van der Waals surface area contributed by atoms with Crippen LogP contribution in [0.15, 0.2) is 0 Å². The van der Waals surface area contributed by atoms with Crippen molar-refractivity contribution >= 4 is 0 Å². The minimum absolute atomic E-state index is 0.716. The van der Waals surface area contributed by atoms with Crippen LogP contribution in [0.3, 0.4) is 0 Å². The summed E-state index contributed by atoms with van der Waals surface area (Å²) in [6, 6.07) is 0.716. The van der Waals surface area contributed by atoms with Gasteiger partial charge in [0.2, 0.25) is 0 Å². The SMILES string of the molecule is CCN1CCC(NN2CCCCC2)C1. The maximum Gasteiger partial charge on any atom is 0.0354 e. The smallest absolute Gasteiger partial charge is 0.0354 e. The van der Waals surface area contributed by atoms with Crippen molar-refractivity contribution in [3.63, 3.8) is 0 Å². The van der Waals surface area contributed by atoms with Gasteiger partial charge in [-0.1, -0.05) is 13.3 Å². The van der Waals surface area contributed by atoms with Gasteiger partial charge in [-0.05, 0) is 32.4 Å². The molecular formula is C11H23N3. The van der Waals surface area contributed by atoms with Crippen LogP contribution in [0.1, 0.15) is 32.6 Å². The number of nitrogens with one attached hydrogen (secondary N) is 1. The Bertz CT molecular complexity index is 166. The minimum Gasteiger partial charge on any atom is -0.302 e. The zero-order valence-corrected chi connectivity index (χ0v) is 9.34. The first-order chi connectivity index (χ1) is 6.88. The summed E-state index contributed by atoms with van der Waals surface area (Å²) < 4.78 is 0. The normalized spacial score (nSPS) is 31.1. The standard InChI is InChI=1S/C11H23N3/c1-2-13-9-6-11(10-13)12-14-7-4-3-5-8-14/h11-12H,2-10H2,1H3. The van der Waals surface area contributed by atoms with E-state index in [0.717, 1.165) is 0 Å². The molecule has 0 aliphatic carbocycles. The molecule has 0 aromatic carbocycles. The van der Waals surface area contributed by atoms with Crippen LogP contribution in [0.4, 0.5) is 0 Å². The van der Waals surface area contributed by atoms with Gasteiger partial charge in [0.15, 0.2) is 0 Å². The van der Waals surface area contributed by atoms with E-state index in [1.807, 2.05) is 0 Å². The van der Waals surface area contributed by atoms with E-state index < -0.39 is 0 Å². The van der Waals surface area contributed by atoms with Gasteiger partial charge in [-0.25, -0.2) is 5.01 Å². The monoisotopic (exact) mass is 197 g/mol. The largest absolute Gasteiger partial charge is 0.302 e. The molecule has 2 saturated heterocycles. The van der Waals surface area contributed by atoms with Crippen molar-refractivity contribution in [2.45, 2.75) is 38.6 Å². The topological polar surface area (TPSA) is 18.5 Å². The summed E-state index contributed by atoms with van der Waals surface area (Å²) in [5, 5.41) is 2.44. The number of likely N-dealkylation sites (tertiary alicyclic amines) is 1. The van der Waals surface area contributed by atoms with Crippen molar-refractivity contribution < 1.29 is 0 Å². The zero-order chi connectivity index (χ0) is 9.80. The molecule has 0 saturated carbocycles. The number of hydrazine groups is 1. The van der Waals surface area contributed by atoms with Gasteiger partial charge in [0, 0.05) is 25.7 Å². The fourth-order valence-electron chi connectivity index (χ4n) is 2.51. The zero-order valence-electron chi connectivity index (χ0n) is 9.34. The quantitative estimate of drug-likeness (QED) is 0.730. The molecule has 2 heterocycles. The minimum atomic E-state index is 0.716. The first kappa shape index (κ1) is 10.4. The highest BCUT2D eigenvalue weighted by molar-refractivity contribution is 4.80. The van der Waals surface area contributed by atoms with Crippen LogP contribution in [0.25, 0.3) is 0 Å². The number of nitrogens with zero attached hydrogens (tertiary/aromatic N) is 2. The van der Waals surface area contributed by atoms with Crippen molar-refractivity contribution in [3.05, 3.63) is 0 Å². The number of likely N-dealkylation sites (N-methyl/N-ethyl adjacent to an activating group) is 1. The average molecular weight is 197 g/mol. The van der Waals surface area contributed by atoms with Crippen molar-refractivity contribution in [3.8, 4) is 0 Å². The summed E-state index contributed by atoms with van der Waals surface area (Å²) in [4.78, 5) is 2.53. The lowest BCUT2D eigenvalue weighted by molar-refractivity contribution is 0.129. The van der Waals surface area contributed by atoms with Crippen molar-refractivity contribution in [1.82, 2.24) is 15.3 Å². The summed E-state index contributed by atoms with van der Waals surface area (Å²) >= 11 is 0. The number of hydrogen-bond acceptors (Lipinski definition) is 3. The predicted molar refractivity (Wildman–Crippen MR) is 59.1 cm³/mol. The van der Waals surface area contributed by atoms with E-state index in [1.54, 1.807) is 0 Å². The van der Waals surface area contributed by atoms with Crippen molar-refractivity contribution in [1.29, 1.82) is 0 Å². The van der Waals surface area contributed by atoms with Crippen LogP contribution in [-0.4, -0.2) is 48.7 Å². The fraction of sp³-hybridized carbons (Fsp3) is 1.00. The molecule has 82 valence electrons. The first-order valence-electron chi connectivity index (χ1n) is 6.12. The highest BCUT2D eigenvalue weighted by Crippen LogP contribution is 2.11. The third kappa shape index (κ3) is 2.69. The third-order valence-corrected chi connectivity index (χ3v) is 3.44. The number of hydrogen-bond donors (Lipinski definition) is 1. The van der Waals surface area contributed by atoms with Crippen molar-refractivity contribution in [2.24, 2.45) is 0 Å². The van der Waals surface area contributed by atoms with E-state index in [9.17, 15) is 0 Å². The van der Waals surface area contributed by atoms with Gasteiger partial charge in [0.1, 0.15) is 0 Å². The summed E-state index contributed by atoms with van der Waals surface area (Å²) in [5.41, 5.74) is 3.67. The second-order valence-electron chi connectivity index (χ2n) is 4.56. The highest BCUT2D eigenvalue weighted by Gasteiger charge is 2.23. The van der Waals surface area contributed by atoms with Crippen molar-refractivity contribution in [2.75, 3.05) is 32.7 Å². The Morgan fingerprint density at radius 1 is 1.14 bits per heavy atom. The van der Waals surface area contributed by atoms with Gasteiger partial charge in [-0.2, -0.15) is 0 Å². The van der Waals surface area contributed by atoms with Crippen LogP contribution in [0, 0.1) is 0 Å². The summed E-state index contributed by atoms with van der Waals surface area (Å²) in [6.07, 6.45) is 5.49.